The van der Waals surface area contributed by atoms with Crippen LogP contribution in [0.3, 0.4) is 0 Å². The summed E-state index contributed by atoms with van der Waals surface area (Å²) >= 11 is 0. The van der Waals surface area contributed by atoms with Gasteiger partial charge in [0.2, 0.25) is 0 Å². The summed E-state index contributed by atoms with van der Waals surface area (Å²) in [5.74, 6) is 0.111. The highest BCUT2D eigenvalue weighted by Gasteiger charge is 2.35. The van der Waals surface area contributed by atoms with Gasteiger partial charge in [-0.3, -0.25) is 4.90 Å². The number of rotatable bonds is 18. The monoisotopic (exact) mass is 862 g/mol. The molecule has 1 N–H and O–H groups in total. The van der Waals surface area contributed by atoms with Gasteiger partial charge in [0.1, 0.15) is 30.9 Å². The summed E-state index contributed by atoms with van der Waals surface area (Å²) in [6.45, 7) is 9.82. The number of amides is 1. The average molecular weight is 863 g/mol. The fourth-order valence-corrected chi connectivity index (χ4v) is 8.12. The fraction of sp³-hybridized carbons (Fsp3) is 0.431. The van der Waals surface area contributed by atoms with Crippen LogP contribution in [-0.4, -0.2) is 97.4 Å². The van der Waals surface area contributed by atoms with Crippen LogP contribution in [0.1, 0.15) is 85.8 Å². The molecule has 0 spiro atoms. The third-order valence-electron chi connectivity index (χ3n) is 11.0. The van der Waals surface area contributed by atoms with E-state index in [0.29, 0.717) is 52.1 Å². The molecule has 336 valence electrons. The summed E-state index contributed by atoms with van der Waals surface area (Å²) in [5.41, 5.74) is 5.90. The minimum Gasteiger partial charge on any atom is -0.491 e. The van der Waals surface area contributed by atoms with Gasteiger partial charge in [-0.25, -0.2) is 9.59 Å². The van der Waals surface area contributed by atoms with Crippen LogP contribution < -0.4 is 4.74 Å². The van der Waals surface area contributed by atoms with Crippen molar-refractivity contribution >= 4 is 29.3 Å². The van der Waals surface area contributed by atoms with Crippen molar-refractivity contribution < 1.29 is 47.9 Å². The summed E-state index contributed by atoms with van der Waals surface area (Å²) < 4.78 is 36.7. The first-order chi connectivity index (χ1) is 30.6. The Morgan fingerprint density at radius 2 is 1.40 bits per heavy atom. The van der Waals surface area contributed by atoms with Gasteiger partial charge in [-0.1, -0.05) is 98.1 Å². The van der Waals surface area contributed by atoms with Crippen LogP contribution in [0.2, 0.25) is 0 Å². The molecule has 1 aliphatic heterocycles. The van der Waals surface area contributed by atoms with Gasteiger partial charge in [0.25, 0.3) is 0 Å². The zero-order valence-electron chi connectivity index (χ0n) is 36.9. The first-order valence-corrected chi connectivity index (χ1v) is 22.1. The minimum atomic E-state index is -0.969. The Balaban J connectivity index is 0.000000402. The zero-order chi connectivity index (χ0) is 44.4. The van der Waals surface area contributed by atoms with Crippen molar-refractivity contribution in [3.8, 4) is 17.0 Å². The maximum Gasteiger partial charge on any atom is 0.410 e. The second-order valence-electron chi connectivity index (χ2n) is 16.8. The van der Waals surface area contributed by atoms with Gasteiger partial charge < -0.3 is 42.9 Å². The first-order valence-electron chi connectivity index (χ1n) is 22.1. The van der Waals surface area contributed by atoms with E-state index in [1.807, 2.05) is 106 Å². The number of aldehydes is 1. The number of aromatic nitrogens is 1. The third kappa shape index (κ3) is 13.7. The molecular weight excluding hydrogens is 801 g/mol. The van der Waals surface area contributed by atoms with E-state index in [4.69, 9.17) is 28.4 Å². The summed E-state index contributed by atoms with van der Waals surface area (Å²) in [6, 6.07) is 33.0. The van der Waals surface area contributed by atoms with Crippen molar-refractivity contribution in [3.05, 3.63) is 125 Å². The van der Waals surface area contributed by atoms with E-state index in [9.17, 15) is 19.5 Å². The Morgan fingerprint density at radius 1 is 0.778 bits per heavy atom. The van der Waals surface area contributed by atoms with Gasteiger partial charge in [0.05, 0.1) is 63.5 Å². The molecule has 1 saturated carbocycles. The van der Waals surface area contributed by atoms with Crippen LogP contribution in [0, 0.1) is 0 Å². The third-order valence-corrected chi connectivity index (χ3v) is 11.0. The molecule has 0 radical (unpaired) electrons. The van der Waals surface area contributed by atoms with Crippen molar-refractivity contribution in [2.45, 2.75) is 90.2 Å². The molecular formula is C51H62N2O10. The summed E-state index contributed by atoms with van der Waals surface area (Å²) in [7, 11) is 0. The molecule has 0 unspecified atom stereocenters. The molecule has 4 aromatic carbocycles. The molecule has 0 saturated heterocycles. The summed E-state index contributed by atoms with van der Waals surface area (Å²) in [4.78, 5) is 37.7. The number of hydrogen-bond donors (Lipinski definition) is 1. The van der Waals surface area contributed by atoms with Crippen molar-refractivity contribution in [3.63, 3.8) is 0 Å². The fourth-order valence-electron chi connectivity index (χ4n) is 8.12. The Morgan fingerprint density at radius 3 is 2.03 bits per heavy atom. The van der Waals surface area contributed by atoms with Crippen LogP contribution in [-0.2, 0) is 48.2 Å². The Bertz CT molecular complexity index is 2190. The lowest BCUT2D eigenvalue weighted by atomic mass is 9.81. The number of nitrogens with zero attached hydrogens (tertiary/aromatic N) is 2. The van der Waals surface area contributed by atoms with Crippen LogP contribution in [0.15, 0.2) is 103 Å². The van der Waals surface area contributed by atoms with Gasteiger partial charge in [0.15, 0.2) is 0 Å². The van der Waals surface area contributed by atoms with Crippen LogP contribution in [0.25, 0.3) is 22.2 Å². The highest BCUT2D eigenvalue weighted by molar-refractivity contribution is 5.98. The number of carboxylic acids is 1. The van der Waals surface area contributed by atoms with Crippen LogP contribution >= 0.6 is 0 Å². The molecule has 12 nitrogen and oxygen atoms in total. The number of ether oxygens (including phenoxy) is 6. The standard InChI is InChI=1S/C40H48N2O7.C11H14O3/c1-40(2,3)49-39(45)41(20-21-46-22-23-47-26-28-12-6-4-7-13-28)31-25-42-34-24-30(38(43)44)18-19-32(34)36(29-14-8-5-9-15-29)37(42)33-16-10-11-17-35(33)48-27-31;12-6-7-13-8-9-14-10-11-4-2-1-3-5-11/h4,6-7,10-13,16-19,24,29,31H,5,8-9,14-15,20-23,25-27H2,1-3H3,(H,43,44);1-6H,7-10H2/t31-;/m1./s1. The lowest BCUT2D eigenvalue weighted by Gasteiger charge is -2.35. The normalized spacial score (nSPS) is 15.1. The number of benzene rings is 4. The molecule has 2 aliphatic rings. The quantitative estimate of drug-likeness (QED) is 0.0670. The lowest BCUT2D eigenvalue weighted by molar-refractivity contribution is -0.112. The van der Waals surface area contributed by atoms with Crippen LogP contribution in [0.4, 0.5) is 4.79 Å². The zero-order valence-corrected chi connectivity index (χ0v) is 36.9. The van der Waals surface area contributed by atoms with Crippen molar-refractivity contribution in [1.29, 1.82) is 0 Å². The van der Waals surface area contributed by atoms with E-state index in [1.165, 1.54) is 12.0 Å². The van der Waals surface area contributed by atoms with E-state index in [-0.39, 0.29) is 31.9 Å². The molecule has 7 rings (SSSR count). The van der Waals surface area contributed by atoms with Gasteiger partial charge >= 0.3 is 12.1 Å². The SMILES string of the molecule is CC(C)(C)OC(=O)N(CCOCCOCc1ccccc1)[C@H]1COc2ccccc2-c2c(C3CCCCC3)c3ccc(C(=O)O)cc3n2C1.O=CCOCCOCc1ccccc1. The summed E-state index contributed by atoms with van der Waals surface area (Å²) in [5, 5.41) is 11.1. The predicted molar refractivity (Wildman–Crippen MR) is 242 cm³/mol. The molecule has 1 aliphatic carbocycles. The van der Waals surface area contributed by atoms with E-state index in [0.717, 1.165) is 71.0 Å². The van der Waals surface area contributed by atoms with Gasteiger partial charge in [-0.05, 0) is 80.5 Å². The smallest absolute Gasteiger partial charge is 0.410 e. The minimum absolute atomic E-state index is 0.148. The van der Waals surface area contributed by atoms with Crippen molar-refractivity contribution in [1.82, 2.24) is 9.47 Å². The van der Waals surface area contributed by atoms with E-state index in [1.54, 1.807) is 17.0 Å². The van der Waals surface area contributed by atoms with Crippen molar-refractivity contribution in [2.24, 2.45) is 0 Å². The highest BCUT2D eigenvalue weighted by atomic mass is 16.6. The molecule has 2 heterocycles. The number of carboxylic acid groups (broad SMARTS) is 1. The molecule has 0 bridgehead atoms. The van der Waals surface area contributed by atoms with Crippen LogP contribution in [0.5, 0.6) is 5.75 Å². The molecule has 63 heavy (non-hydrogen) atoms. The topological polar surface area (TPSA) is 135 Å². The van der Waals surface area contributed by atoms with Gasteiger partial charge in [-0.15, -0.1) is 0 Å². The number of hydrogen-bond acceptors (Lipinski definition) is 9. The highest BCUT2D eigenvalue weighted by Crippen LogP contribution is 2.47. The number of carbonyl (C=O) groups excluding carboxylic acids is 2. The summed E-state index contributed by atoms with van der Waals surface area (Å²) in [6.07, 6.45) is 5.99. The molecule has 1 amide bonds. The predicted octanol–water partition coefficient (Wildman–Crippen LogP) is 9.70. The Hall–Kier alpha value is -5.53. The van der Waals surface area contributed by atoms with E-state index < -0.39 is 23.7 Å². The van der Waals surface area contributed by atoms with Gasteiger partial charge in [-0.2, -0.15) is 0 Å². The maximum atomic E-state index is 13.9. The molecule has 1 aromatic heterocycles. The largest absolute Gasteiger partial charge is 0.491 e. The molecule has 5 aromatic rings. The second-order valence-corrected chi connectivity index (χ2v) is 16.8. The number of para-hydroxylation sites is 1. The lowest BCUT2D eigenvalue weighted by Crippen LogP contribution is -2.49. The molecule has 1 atom stereocenters. The number of fused-ring (bicyclic) bond motifs is 5. The first kappa shape index (κ1) is 47.0. The Kier molecular flexibility index (Phi) is 17.7. The number of aromatic carboxylic acids is 1. The average Bonchev–Trinajstić information content (AvgIpc) is 3.59. The van der Waals surface area contributed by atoms with Gasteiger partial charge in [0, 0.05) is 29.6 Å². The van der Waals surface area contributed by atoms with E-state index in [2.05, 4.69) is 10.6 Å². The van der Waals surface area contributed by atoms with Crippen molar-refractivity contribution in [2.75, 3.05) is 52.8 Å². The molecule has 12 heteroatoms. The maximum absolute atomic E-state index is 13.9. The number of carbonyl (C=O) groups is 3. The Labute approximate surface area is 371 Å². The van der Waals surface area contributed by atoms with E-state index >= 15 is 0 Å². The molecule has 1 fully saturated rings. The second kappa shape index (κ2) is 23.8.